The van der Waals surface area contributed by atoms with Crippen LogP contribution in [0, 0.1) is 17.5 Å². The number of carbonyl (C=O) groups excluding carboxylic acids is 1. The molecular formula is C10H9F3N2O3. The van der Waals surface area contributed by atoms with Gasteiger partial charge in [-0.2, -0.15) is 0 Å². The van der Waals surface area contributed by atoms with Gasteiger partial charge in [0.15, 0.2) is 11.6 Å². The van der Waals surface area contributed by atoms with Crippen LogP contribution in [0.2, 0.25) is 0 Å². The van der Waals surface area contributed by atoms with Crippen molar-refractivity contribution in [3.8, 4) is 0 Å². The van der Waals surface area contributed by atoms with Crippen LogP contribution < -0.4 is 10.6 Å². The molecule has 0 heterocycles. The fraction of sp³-hybridized carbons (Fsp3) is 0.200. The molecule has 5 nitrogen and oxygen atoms in total. The van der Waals surface area contributed by atoms with Crippen molar-refractivity contribution in [1.82, 2.24) is 5.32 Å². The molecular weight excluding hydrogens is 253 g/mol. The van der Waals surface area contributed by atoms with Gasteiger partial charge in [0.2, 0.25) is 0 Å². The lowest BCUT2D eigenvalue weighted by molar-refractivity contribution is -0.136. The van der Waals surface area contributed by atoms with Crippen LogP contribution in [0.25, 0.3) is 0 Å². The van der Waals surface area contributed by atoms with Crippen molar-refractivity contribution in [1.29, 1.82) is 0 Å². The van der Waals surface area contributed by atoms with E-state index in [4.69, 9.17) is 5.11 Å². The van der Waals surface area contributed by atoms with Gasteiger partial charge in [-0.1, -0.05) is 0 Å². The molecule has 0 atom stereocenters. The zero-order chi connectivity index (χ0) is 13.7. The molecule has 0 radical (unpaired) electrons. The molecule has 0 fully saturated rings. The largest absolute Gasteiger partial charge is 0.481 e. The highest BCUT2D eigenvalue weighted by molar-refractivity contribution is 5.89. The standard InChI is InChI=1S/C10H9F3N2O3/c11-5-3-7(13)8(4-6(5)12)15-10(18)14-2-1-9(16)17/h3-4H,1-2H2,(H,16,17)(H2,14,15,18). The number of halogens is 3. The Bertz CT molecular complexity index is 480. The monoisotopic (exact) mass is 262 g/mol. The number of nitrogens with one attached hydrogen (secondary N) is 2. The van der Waals surface area contributed by atoms with Crippen molar-refractivity contribution in [2.75, 3.05) is 11.9 Å². The van der Waals surface area contributed by atoms with Crippen LogP contribution in [0.1, 0.15) is 6.42 Å². The lowest BCUT2D eigenvalue weighted by Crippen LogP contribution is -2.31. The topological polar surface area (TPSA) is 78.4 Å². The zero-order valence-electron chi connectivity index (χ0n) is 8.97. The van der Waals surface area contributed by atoms with Crippen molar-refractivity contribution < 1.29 is 27.9 Å². The van der Waals surface area contributed by atoms with Crippen LogP contribution in [-0.4, -0.2) is 23.7 Å². The van der Waals surface area contributed by atoms with Crippen molar-refractivity contribution in [2.45, 2.75) is 6.42 Å². The van der Waals surface area contributed by atoms with Gasteiger partial charge in [0.1, 0.15) is 5.82 Å². The van der Waals surface area contributed by atoms with Crippen molar-refractivity contribution in [2.24, 2.45) is 0 Å². The first-order valence-electron chi connectivity index (χ1n) is 4.81. The van der Waals surface area contributed by atoms with E-state index in [0.29, 0.717) is 12.1 Å². The molecule has 0 saturated heterocycles. The average Bonchev–Trinajstić information content (AvgIpc) is 2.25. The summed E-state index contributed by atoms with van der Waals surface area (Å²) in [5.74, 6) is -4.93. The Morgan fingerprint density at radius 3 is 2.33 bits per heavy atom. The Morgan fingerprint density at radius 1 is 1.11 bits per heavy atom. The summed E-state index contributed by atoms with van der Waals surface area (Å²) in [7, 11) is 0. The molecule has 2 amide bonds. The molecule has 1 aromatic carbocycles. The SMILES string of the molecule is O=C(O)CCNC(=O)Nc1cc(F)c(F)cc1F. The number of urea groups is 1. The molecule has 98 valence electrons. The third kappa shape index (κ3) is 3.96. The molecule has 0 aromatic heterocycles. The van der Waals surface area contributed by atoms with Crippen LogP contribution in [0.3, 0.4) is 0 Å². The van der Waals surface area contributed by atoms with E-state index in [1.165, 1.54) is 0 Å². The number of carboxylic acid groups (broad SMARTS) is 1. The number of aliphatic carboxylic acids is 1. The zero-order valence-corrected chi connectivity index (χ0v) is 8.97. The molecule has 18 heavy (non-hydrogen) atoms. The molecule has 3 N–H and O–H groups in total. The summed E-state index contributed by atoms with van der Waals surface area (Å²) < 4.78 is 38.5. The molecule has 0 saturated carbocycles. The second-order valence-electron chi connectivity index (χ2n) is 3.27. The summed E-state index contributed by atoms with van der Waals surface area (Å²) in [4.78, 5) is 21.3. The van der Waals surface area contributed by atoms with Crippen LogP contribution in [-0.2, 0) is 4.79 Å². The summed E-state index contributed by atoms with van der Waals surface area (Å²) in [5.41, 5.74) is -0.540. The fourth-order valence-electron chi connectivity index (χ4n) is 1.07. The first kappa shape index (κ1) is 13.8. The van der Waals surface area contributed by atoms with Gasteiger partial charge >= 0.3 is 12.0 Å². The molecule has 0 bridgehead atoms. The van der Waals surface area contributed by atoms with Gasteiger partial charge < -0.3 is 15.7 Å². The van der Waals surface area contributed by atoms with Gasteiger partial charge in [0.05, 0.1) is 12.1 Å². The van der Waals surface area contributed by atoms with E-state index in [1.807, 2.05) is 5.32 Å². The maximum atomic E-state index is 13.1. The van der Waals surface area contributed by atoms with Gasteiger partial charge in [0, 0.05) is 18.7 Å². The van der Waals surface area contributed by atoms with E-state index in [1.54, 1.807) is 0 Å². The van der Waals surface area contributed by atoms with Crippen molar-refractivity contribution >= 4 is 17.7 Å². The first-order chi connectivity index (χ1) is 8.40. The number of benzene rings is 1. The minimum Gasteiger partial charge on any atom is -0.481 e. The minimum atomic E-state index is -1.37. The summed E-state index contributed by atoms with van der Waals surface area (Å²) in [6, 6.07) is -0.134. The summed E-state index contributed by atoms with van der Waals surface area (Å²) in [6.45, 7) is -0.174. The number of rotatable bonds is 4. The Morgan fingerprint density at radius 2 is 1.72 bits per heavy atom. The van der Waals surface area contributed by atoms with Gasteiger partial charge in [-0.05, 0) is 0 Å². The van der Waals surface area contributed by atoms with E-state index in [2.05, 4.69) is 5.32 Å². The molecule has 0 unspecified atom stereocenters. The van der Waals surface area contributed by atoms with E-state index >= 15 is 0 Å². The van der Waals surface area contributed by atoms with Crippen molar-refractivity contribution in [3.63, 3.8) is 0 Å². The second kappa shape index (κ2) is 5.89. The number of anilines is 1. The van der Waals surface area contributed by atoms with Gasteiger partial charge in [-0.15, -0.1) is 0 Å². The predicted octanol–water partition coefficient (Wildman–Crippen LogP) is 1.70. The highest BCUT2D eigenvalue weighted by Crippen LogP contribution is 2.18. The Balaban J connectivity index is 2.59. The third-order valence-corrected chi connectivity index (χ3v) is 1.88. The summed E-state index contributed by atoms with van der Waals surface area (Å²) in [6.07, 6.45) is -0.312. The Hall–Kier alpha value is -2.25. The highest BCUT2D eigenvalue weighted by Gasteiger charge is 2.12. The Kier molecular flexibility index (Phi) is 4.52. The van der Waals surface area contributed by atoms with Crippen LogP contribution in [0.4, 0.5) is 23.7 Å². The minimum absolute atomic E-state index is 0.174. The number of carboxylic acids is 1. The molecule has 8 heteroatoms. The molecule has 0 aliphatic carbocycles. The Labute approximate surface area is 99.6 Å². The molecule has 0 aliphatic heterocycles. The first-order valence-corrected chi connectivity index (χ1v) is 4.81. The van der Waals surface area contributed by atoms with Crippen LogP contribution in [0.15, 0.2) is 12.1 Å². The average molecular weight is 262 g/mol. The third-order valence-electron chi connectivity index (χ3n) is 1.88. The van der Waals surface area contributed by atoms with Gasteiger partial charge in [-0.3, -0.25) is 4.79 Å². The quantitative estimate of drug-likeness (QED) is 0.722. The normalized spacial score (nSPS) is 9.94. The molecule has 1 aromatic rings. The molecule has 1 rings (SSSR count). The second-order valence-corrected chi connectivity index (χ2v) is 3.27. The lowest BCUT2D eigenvalue weighted by Gasteiger charge is -2.07. The summed E-state index contributed by atoms with van der Waals surface area (Å²) in [5, 5.41) is 12.3. The highest BCUT2D eigenvalue weighted by atomic mass is 19.2. The van der Waals surface area contributed by atoms with E-state index in [0.717, 1.165) is 0 Å². The van der Waals surface area contributed by atoms with Crippen LogP contribution in [0.5, 0.6) is 0 Å². The van der Waals surface area contributed by atoms with Crippen LogP contribution >= 0.6 is 0 Å². The number of hydrogen-bond donors (Lipinski definition) is 3. The summed E-state index contributed by atoms with van der Waals surface area (Å²) >= 11 is 0. The maximum absolute atomic E-state index is 13.1. The van der Waals surface area contributed by atoms with E-state index in [-0.39, 0.29) is 13.0 Å². The number of hydrogen-bond acceptors (Lipinski definition) is 2. The molecule has 0 spiro atoms. The van der Waals surface area contributed by atoms with Crippen molar-refractivity contribution in [3.05, 3.63) is 29.6 Å². The molecule has 0 aliphatic rings. The van der Waals surface area contributed by atoms with Gasteiger partial charge in [-0.25, -0.2) is 18.0 Å². The number of amides is 2. The van der Waals surface area contributed by atoms with E-state index in [9.17, 15) is 22.8 Å². The smallest absolute Gasteiger partial charge is 0.319 e. The van der Waals surface area contributed by atoms with Gasteiger partial charge in [0.25, 0.3) is 0 Å². The number of carbonyl (C=O) groups is 2. The fourth-order valence-corrected chi connectivity index (χ4v) is 1.07. The predicted molar refractivity (Wildman–Crippen MR) is 55.6 cm³/mol. The lowest BCUT2D eigenvalue weighted by atomic mass is 10.3. The van der Waals surface area contributed by atoms with E-state index < -0.39 is 35.1 Å². The maximum Gasteiger partial charge on any atom is 0.319 e.